The highest BCUT2D eigenvalue weighted by Crippen LogP contribution is 2.24. The third-order valence-electron chi connectivity index (χ3n) is 2.54. The van der Waals surface area contributed by atoms with E-state index in [1.54, 1.807) is 0 Å². The van der Waals surface area contributed by atoms with Gasteiger partial charge in [-0.2, -0.15) is 0 Å². The normalized spacial score (nSPS) is 10.8. The van der Waals surface area contributed by atoms with Crippen molar-refractivity contribution in [3.8, 4) is 0 Å². The second kappa shape index (κ2) is 9.27. The maximum Gasteiger partial charge on any atom is 0.339 e. The van der Waals surface area contributed by atoms with Gasteiger partial charge in [-0.1, -0.05) is 0 Å². The van der Waals surface area contributed by atoms with E-state index in [-0.39, 0.29) is 13.2 Å². The smallest absolute Gasteiger partial charge is 0.339 e. The van der Waals surface area contributed by atoms with Crippen LogP contribution in [0.3, 0.4) is 0 Å². The van der Waals surface area contributed by atoms with Crippen LogP contribution >= 0.6 is 0 Å². The van der Waals surface area contributed by atoms with Crippen LogP contribution in [-0.4, -0.2) is 65.2 Å². The SMILES string of the molecule is COCCOC(CC(=O)OC)(CC(=O)OC)C(=O)OC. The molecule has 0 amide bonds. The van der Waals surface area contributed by atoms with Crippen LogP contribution in [0.25, 0.3) is 0 Å². The summed E-state index contributed by atoms with van der Waals surface area (Å²) in [6.07, 6.45) is -0.927. The monoisotopic (exact) mass is 292 g/mol. The maximum atomic E-state index is 11.9. The van der Waals surface area contributed by atoms with Crippen molar-refractivity contribution in [2.24, 2.45) is 0 Å². The van der Waals surface area contributed by atoms with Crippen molar-refractivity contribution >= 4 is 17.9 Å². The molecule has 0 spiro atoms. The Balaban J connectivity index is 5.20. The molecule has 0 aromatic carbocycles. The van der Waals surface area contributed by atoms with Gasteiger partial charge in [-0.15, -0.1) is 0 Å². The lowest BCUT2D eigenvalue weighted by molar-refractivity contribution is -0.183. The minimum atomic E-state index is -1.78. The Morgan fingerprint density at radius 1 is 0.800 bits per heavy atom. The standard InChI is InChI=1S/C12H20O8/c1-16-5-6-20-12(11(15)19-4,7-9(13)17-2)8-10(14)18-3/h5-8H2,1-4H3. The molecule has 0 saturated heterocycles. The van der Waals surface area contributed by atoms with Gasteiger partial charge in [0.25, 0.3) is 0 Å². The Kier molecular flexibility index (Phi) is 8.49. The molecule has 20 heavy (non-hydrogen) atoms. The fourth-order valence-corrected chi connectivity index (χ4v) is 1.48. The second-order valence-corrected chi connectivity index (χ2v) is 3.83. The fraction of sp³-hybridized carbons (Fsp3) is 0.750. The van der Waals surface area contributed by atoms with Gasteiger partial charge >= 0.3 is 17.9 Å². The average molecular weight is 292 g/mol. The van der Waals surface area contributed by atoms with Gasteiger partial charge in [-0.25, -0.2) is 4.79 Å². The number of carbonyl (C=O) groups excluding carboxylic acids is 3. The number of hydrogen-bond donors (Lipinski definition) is 0. The molecular weight excluding hydrogens is 272 g/mol. The van der Waals surface area contributed by atoms with Crippen molar-refractivity contribution in [3.05, 3.63) is 0 Å². The van der Waals surface area contributed by atoms with Crippen LogP contribution in [0.5, 0.6) is 0 Å². The van der Waals surface area contributed by atoms with E-state index in [2.05, 4.69) is 14.2 Å². The highest BCUT2D eigenvalue weighted by molar-refractivity contribution is 5.90. The zero-order valence-corrected chi connectivity index (χ0v) is 12.1. The summed E-state index contributed by atoms with van der Waals surface area (Å²) in [6, 6.07) is 0. The van der Waals surface area contributed by atoms with E-state index in [1.807, 2.05) is 0 Å². The molecule has 0 aliphatic rings. The highest BCUT2D eigenvalue weighted by atomic mass is 16.6. The lowest BCUT2D eigenvalue weighted by atomic mass is 9.95. The first kappa shape index (κ1) is 18.3. The van der Waals surface area contributed by atoms with E-state index >= 15 is 0 Å². The molecule has 0 aromatic heterocycles. The van der Waals surface area contributed by atoms with Gasteiger partial charge < -0.3 is 23.7 Å². The van der Waals surface area contributed by atoms with E-state index < -0.39 is 36.4 Å². The third-order valence-corrected chi connectivity index (χ3v) is 2.54. The Labute approximate surface area is 117 Å². The Morgan fingerprint density at radius 2 is 1.30 bits per heavy atom. The summed E-state index contributed by atoms with van der Waals surface area (Å²) in [4.78, 5) is 34.8. The fourth-order valence-electron chi connectivity index (χ4n) is 1.48. The number of rotatable bonds is 9. The molecule has 0 aromatic rings. The van der Waals surface area contributed by atoms with Crippen molar-refractivity contribution < 1.29 is 38.1 Å². The molecular formula is C12H20O8. The summed E-state index contributed by atoms with van der Waals surface area (Å²) in [6.45, 7) is 0.181. The molecule has 0 aliphatic carbocycles. The molecule has 0 saturated carbocycles. The largest absolute Gasteiger partial charge is 0.469 e. The van der Waals surface area contributed by atoms with Crippen LogP contribution < -0.4 is 0 Å². The lowest BCUT2D eigenvalue weighted by Gasteiger charge is -2.29. The molecule has 0 radical (unpaired) electrons. The zero-order valence-electron chi connectivity index (χ0n) is 12.1. The van der Waals surface area contributed by atoms with Crippen molar-refractivity contribution in [2.45, 2.75) is 18.4 Å². The predicted molar refractivity (Wildman–Crippen MR) is 65.8 cm³/mol. The molecule has 0 atom stereocenters. The Bertz CT molecular complexity index is 320. The summed E-state index contributed by atoms with van der Waals surface area (Å²) >= 11 is 0. The van der Waals surface area contributed by atoms with Gasteiger partial charge in [0.1, 0.15) is 0 Å². The van der Waals surface area contributed by atoms with Crippen LogP contribution in [-0.2, 0) is 38.1 Å². The quantitative estimate of drug-likeness (QED) is 0.324. The zero-order chi connectivity index (χ0) is 15.6. The average Bonchev–Trinajstić information content (AvgIpc) is 2.45. The molecule has 0 N–H and O–H groups in total. The minimum absolute atomic E-state index is 0.000408. The molecule has 116 valence electrons. The summed E-state index contributed by atoms with van der Waals surface area (Å²) < 4.78 is 23.8. The molecule has 8 heteroatoms. The van der Waals surface area contributed by atoms with Crippen LogP contribution in [0.2, 0.25) is 0 Å². The van der Waals surface area contributed by atoms with Crippen LogP contribution in [0, 0.1) is 0 Å². The highest BCUT2D eigenvalue weighted by Gasteiger charge is 2.46. The van der Waals surface area contributed by atoms with E-state index in [0.29, 0.717) is 0 Å². The van der Waals surface area contributed by atoms with Gasteiger partial charge in [0.05, 0.1) is 47.4 Å². The van der Waals surface area contributed by atoms with Crippen molar-refractivity contribution in [2.75, 3.05) is 41.7 Å². The lowest BCUT2D eigenvalue weighted by Crippen LogP contribution is -2.47. The van der Waals surface area contributed by atoms with Crippen molar-refractivity contribution in [1.29, 1.82) is 0 Å². The molecule has 0 fully saturated rings. The number of esters is 3. The number of ether oxygens (including phenoxy) is 5. The van der Waals surface area contributed by atoms with E-state index in [4.69, 9.17) is 9.47 Å². The van der Waals surface area contributed by atoms with Crippen LogP contribution in [0.1, 0.15) is 12.8 Å². The Hall–Kier alpha value is -1.67. The number of hydrogen-bond acceptors (Lipinski definition) is 8. The Morgan fingerprint density at radius 3 is 1.65 bits per heavy atom. The van der Waals surface area contributed by atoms with E-state index in [0.717, 1.165) is 21.3 Å². The van der Waals surface area contributed by atoms with Crippen molar-refractivity contribution in [1.82, 2.24) is 0 Å². The van der Waals surface area contributed by atoms with Crippen LogP contribution in [0.4, 0.5) is 0 Å². The van der Waals surface area contributed by atoms with Crippen molar-refractivity contribution in [3.63, 3.8) is 0 Å². The first-order valence-electron chi connectivity index (χ1n) is 5.80. The predicted octanol–water partition coefficient (Wildman–Crippen LogP) is -0.313. The second-order valence-electron chi connectivity index (χ2n) is 3.83. The molecule has 0 rings (SSSR count). The molecule has 0 unspecified atom stereocenters. The van der Waals surface area contributed by atoms with Gasteiger partial charge in [0.15, 0.2) is 5.60 Å². The maximum absolute atomic E-state index is 11.9. The van der Waals surface area contributed by atoms with Gasteiger partial charge in [0.2, 0.25) is 0 Å². The first-order chi connectivity index (χ1) is 9.45. The third kappa shape index (κ3) is 5.54. The number of methoxy groups -OCH3 is 4. The van der Waals surface area contributed by atoms with E-state index in [1.165, 1.54) is 7.11 Å². The van der Waals surface area contributed by atoms with E-state index in [9.17, 15) is 14.4 Å². The molecule has 8 nitrogen and oxygen atoms in total. The summed E-state index contributed by atoms with van der Waals surface area (Å²) in [7, 11) is 4.91. The minimum Gasteiger partial charge on any atom is -0.469 e. The molecule has 0 heterocycles. The summed E-state index contributed by atoms with van der Waals surface area (Å²) in [5.74, 6) is -2.28. The van der Waals surface area contributed by atoms with Gasteiger partial charge in [-0.3, -0.25) is 9.59 Å². The summed E-state index contributed by atoms with van der Waals surface area (Å²) in [5, 5.41) is 0. The van der Waals surface area contributed by atoms with Gasteiger partial charge in [-0.05, 0) is 0 Å². The summed E-state index contributed by atoms with van der Waals surface area (Å²) in [5.41, 5.74) is -1.78. The number of carbonyl (C=O) groups is 3. The topological polar surface area (TPSA) is 97.4 Å². The molecule has 0 bridgehead atoms. The first-order valence-corrected chi connectivity index (χ1v) is 5.80. The molecule has 0 aliphatic heterocycles. The van der Waals surface area contributed by atoms with Crippen LogP contribution in [0.15, 0.2) is 0 Å². The van der Waals surface area contributed by atoms with Gasteiger partial charge in [0, 0.05) is 7.11 Å².